The number of rotatable bonds is 36. The van der Waals surface area contributed by atoms with E-state index >= 15 is 0 Å². The van der Waals surface area contributed by atoms with E-state index in [1.165, 1.54) is 155 Å². The summed E-state index contributed by atoms with van der Waals surface area (Å²) in [5.74, 6) is -1.01. The van der Waals surface area contributed by atoms with Gasteiger partial charge in [0.1, 0.15) is 6.61 Å². The molecular formula is C36H72NO8P. The normalized spacial score (nSPS) is 13.4. The van der Waals surface area contributed by atoms with E-state index in [9.17, 15) is 19.0 Å². The van der Waals surface area contributed by atoms with Gasteiger partial charge < -0.3 is 20.1 Å². The number of phosphoric acid groups is 1. The maximum Gasteiger partial charge on any atom is 0.472 e. The quantitative estimate of drug-likeness (QED) is 0.0377. The summed E-state index contributed by atoms with van der Waals surface area (Å²) in [5.41, 5.74) is 5.24. The van der Waals surface area contributed by atoms with Crippen LogP contribution >= 0.6 is 7.82 Å². The Morgan fingerprint density at radius 1 is 0.609 bits per heavy atom. The largest absolute Gasteiger partial charge is 0.472 e. The summed E-state index contributed by atoms with van der Waals surface area (Å²) in [4.78, 5) is 32.9. The first-order valence-electron chi connectivity index (χ1n) is 19.0. The van der Waals surface area contributed by atoms with E-state index in [4.69, 9.17) is 19.7 Å². The lowest BCUT2D eigenvalue weighted by atomic mass is 10.0. The number of carbonyl (C=O) groups is 2. The smallest absolute Gasteiger partial charge is 0.462 e. The third kappa shape index (κ3) is 34.3. The van der Waals surface area contributed by atoms with E-state index < -0.39 is 32.5 Å². The summed E-state index contributed by atoms with van der Waals surface area (Å²) in [7, 11) is -4.32. The predicted octanol–water partition coefficient (Wildman–Crippen LogP) is 10.1. The molecular weight excluding hydrogens is 605 g/mol. The molecule has 3 N–H and O–H groups in total. The van der Waals surface area contributed by atoms with Crippen molar-refractivity contribution in [2.45, 2.75) is 193 Å². The minimum absolute atomic E-state index is 0.0541. The molecule has 0 saturated carbocycles. The van der Waals surface area contributed by atoms with Crippen LogP contribution < -0.4 is 5.73 Å². The molecule has 1 unspecified atom stereocenters. The highest BCUT2D eigenvalue weighted by Gasteiger charge is 2.25. The van der Waals surface area contributed by atoms with Crippen LogP contribution in [0.5, 0.6) is 0 Å². The molecule has 0 fully saturated rings. The summed E-state index contributed by atoms with van der Waals surface area (Å²) < 4.78 is 31.4. The molecule has 0 aromatic carbocycles. The fraction of sp³-hybridized carbons (Fsp3) is 0.944. The minimum Gasteiger partial charge on any atom is -0.462 e. The summed E-state index contributed by atoms with van der Waals surface area (Å²) in [6.45, 7) is 2.69. The van der Waals surface area contributed by atoms with Gasteiger partial charge in [-0.1, -0.05) is 167 Å². The molecule has 0 saturated heterocycles. The van der Waals surface area contributed by atoms with Gasteiger partial charge in [-0.3, -0.25) is 18.6 Å². The first kappa shape index (κ1) is 45.0. The van der Waals surface area contributed by atoms with Gasteiger partial charge in [-0.2, -0.15) is 0 Å². The van der Waals surface area contributed by atoms with Crippen LogP contribution in [0.3, 0.4) is 0 Å². The molecule has 274 valence electrons. The molecule has 46 heavy (non-hydrogen) atoms. The minimum atomic E-state index is -4.32. The number of esters is 2. The van der Waals surface area contributed by atoms with E-state index in [1.54, 1.807) is 0 Å². The van der Waals surface area contributed by atoms with Gasteiger partial charge >= 0.3 is 19.8 Å². The van der Waals surface area contributed by atoms with Crippen LogP contribution in [0.1, 0.15) is 187 Å². The monoisotopic (exact) mass is 677 g/mol. The molecule has 0 aromatic rings. The lowest BCUT2D eigenvalue weighted by Gasteiger charge is -2.19. The van der Waals surface area contributed by atoms with Crippen LogP contribution in [-0.4, -0.2) is 49.3 Å². The SMILES string of the molecule is CCCCCCCCCCCCCCCCCCCCCCCCCCCCC(=O)OC[C@H](COP(=O)(O)OCCN)OC(C)=O. The van der Waals surface area contributed by atoms with E-state index in [1.807, 2.05) is 0 Å². The number of ether oxygens (including phenoxy) is 2. The first-order valence-corrected chi connectivity index (χ1v) is 20.4. The zero-order chi connectivity index (χ0) is 34.0. The van der Waals surface area contributed by atoms with Gasteiger partial charge in [0.05, 0.1) is 13.2 Å². The fourth-order valence-corrected chi connectivity index (χ4v) is 6.34. The van der Waals surface area contributed by atoms with Crippen molar-refractivity contribution in [2.24, 2.45) is 5.73 Å². The second-order valence-electron chi connectivity index (χ2n) is 12.9. The lowest BCUT2D eigenvalue weighted by molar-refractivity contribution is -0.159. The molecule has 0 amide bonds. The van der Waals surface area contributed by atoms with Crippen LogP contribution in [0.2, 0.25) is 0 Å². The van der Waals surface area contributed by atoms with Gasteiger partial charge in [-0.05, 0) is 6.42 Å². The van der Waals surface area contributed by atoms with Gasteiger partial charge in [0.15, 0.2) is 6.10 Å². The Morgan fingerprint density at radius 3 is 1.33 bits per heavy atom. The molecule has 0 radical (unpaired) electrons. The van der Waals surface area contributed by atoms with Gasteiger partial charge in [-0.25, -0.2) is 4.57 Å². The van der Waals surface area contributed by atoms with Crippen LogP contribution in [0, 0.1) is 0 Å². The van der Waals surface area contributed by atoms with Crippen molar-refractivity contribution in [3.05, 3.63) is 0 Å². The molecule has 0 aliphatic carbocycles. The van der Waals surface area contributed by atoms with Crippen molar-refractivity contribution in [1.82, 2.24) is 0 Å². The summed E-state index contributed by atoms with van der Waals surface area (Å²) >= 11 is 0. The second-order valence-corrected chi connectivity index (χ2v) is 14.3. The molecule has 10 heteroatoms. The summed E-state index contributed by atoms with van der Waals surface area (Å²) in [6.07, 6.45) is 34.1. The zero-order valence-electron chi connectivity index (χ0n) is 29.8. The highest BCUT2D eigenvalue weighted by Crippen LogP contribution is 2.43. The topological polar surface area (TPSA) is 134 Å². The van der Waals surface area contributed by atoms with E-state index in [2.05, 4.69) is 11.4 Å². The Morgan fingerprint density at radius 2 is 0.978 bits per heavy atom. The Bertz CT molecular complexity index is 739. The third-order valence-corrected chi connectivity index (χ3v) is 9.28. The Hall–Kier alpha value is -0.990. The number of nitrogens with two attached hydrogens (primary N) is 1. The van der Waals surface area contributed by atoms with Crippen molar-refractivity contribution < 1.29 is 37.6 Å². The van der Waals surface area contributed by atoms with Crippen molar-refractivity contribution in [1.29, 1.82) is 0 Å². The molecule has 0 spiro atoms. The van der Waals surface area contributed by atoms with Crippen LogP contribution in [-0.2, 0) is 32.7 Å². The molecule has 9 nitrogen and oxygen atoms in total. The van der Waals surface area contributed by atoms with E-state index in [0.717, 1.165) is 19.3 Å². The van der Waals surface area contributed by atoms with Crippen LogP contribution in [0.15, 0.2) is 0 Å². The van der Waals surface area contributed by atoms with Crippen molar-refractivity contribution >= 4 is 19.8 Å². The molecule has 0 rings (SSSR count). The highest BCUT2D eigenvalue weighted by atomic mass is 31.2. The Labute approximate surface area is 282 Å². The van der Waals surface area contributed by atoms with E-state index in [-0.39, 0.29) is 26.2 Å². The molecule has 0 bridgehead atoms. The van der Waals surface area contributed by atoms with Gasteiger partial charge in [0, 0.05) is 19.9 Å². The lowest BCUT2D eigenvalue weighted by Crippen LogP contribution is -2.28. The molecule has 0 aromatic heterocycles. The van der Waals surface area contributed by atoms with Crippen molar-refractivity contribution in [2.75, 3.05) is 26.4 Å². The number of unbranched alkanes of at least 4 members (excludes halogenated alkanes) is 25. The standard InChI is InChI=1S/C36H72NO8P/c1-3-4-5-6-7-8-9-10-11-12-13-14-15-16-17-18-19-20-21-22-23-24-25-26-27-28-29-36(39)42-32-35(45-34(2)38)33-44-46(40,41)43-31-30-37/h35H,3-33,37H2,1-2H3,(H,40,41)/t35-/m1/s1. The average Bonchev–Trinajstić information content (AvgIpc) is 3.03. The maximum absolute atomic E-state index is 12.1. The zero-order valence-corrected chi connectivity index (χ0v) is 30.7. The van der Waals surface area contributed by atoms with Gasteiger partial charge in [-0.15, -0.1) is 0 Å². The molecule has 0 aliphatic rings. The average molecular weight is 678 g/mol. The van der Waals surface area contributed by atoms with Crippen molar-refractivity contribution in [3.8, 4) is 0 Å². The second kappa shape index (κ2) is 33.9. The highest BCUT2D eigenvalue weighted by molar-refractivity contribution is 7.47. The van der Waals surface area contributed by atoms with Crippen molar-refractivity contribution in [3.63, 3.8) is 0 Å². The molecule has 2 atom stereocenters. The number of carbonyl (C=O) groups excluding carboxylic acids is 2. The molecule has 0 heterocycles. The predicted molar refractivity (Wildman–Crippen MR) is 188 cm³/mol. The molecule has 0 aliphatic heterocycles. The maximum atomic E-state index is 12.1. The third-order valence-electron chi connectivity index (χ3n) is 8.29. The summed E-state index contributed by atoms with van der Waals surface area (Å²) in [6, 6.07) is 0. The van der Waals surface area contributed by atoms with Crippen LogP contribution in [0.4, 0.5) is 0 Å². The number of hydrogen-bond donors (Lipinski definition) is 2. The fourth-order valence-electron chi connectivity index (χ4n) is 5.58. The Balaban J connectivity index is 3.47. The van der Waals surface area contributed by atoms with Crippen LogP contribution in [0.25, 0.3) is 0 Å². The van der Waals surface area contributed by atoms with Gasteiger partial charge in [0.25, 0.3) is 0 Å². The van der Waals surface area contributed by atoms with Gasteiger partial charge in [0.2, 0.25) is 0 Å². The Kier molecular flexibility index (Phi) is 33.2. The number of phosphoric ester groups is 1. The number of hydrogen-bond acceptors (Lipinski definition) is 8. The summed E-state index contributed by atoms with van der Waals surface area (Å²) in [5, 5.41) is 0. The van der Waals surface area contributed by atoms with E-state index in [0.29, 0.717) is 0 Å². The first-order chi connectivity index (χ1) is 22.3.